The lowest BCUT2D eigenvalue weighted by atomic mass is 10.1. The Balaban J connectivity index is 1.72. The van der Waals surface area contributed by atoms with Crippen LogP contribution in [-0.4, -0.2) is 22.4 Å². The van der Waals surface area contributed by atoms with Gasteiger partial charge in [0, 0.05) is 25.4 Å². The maximum absolute atomic E-state index is 11.8. The van der Waals surface area contributed by atoms with Crippen LogP contribution < -0.4 is 11.1 Å². The van der Waals surface area contributed by atoms with Crippen LogP contribution in [0, 0.1) is 0 Å². The highest BCUT2D eigenvalue weighted by molar-refractivity contribution is 5.82. The van der Waals surface area contributed by atoms with Crippen molar-refractivity contribution in [3.63, 3.8) is 0 Å². The number of carbonyl (C=O) groups is 1. The molecule has 100 valence electrons. The van der Waals surface area contributed by atoms with E-state index in [1.54, 1.807) is 12.4 Å². The number of nitrogens with zero attached hydrogens (tertiary/aromatic N) is 1. The van der Waals surface area contributed by atoms with Gasteiger partial charge in [-0.1, -0.05) is 30.3 Å². The first-order valence-electron chi connectivity index (χ1n) is 6.34. The van der Waals surface area contributed by atoms with E-state index in [0.29, 0.717) is 6.54 Å². The van der Waals surface area contributed by atoms with Gasteiger partial charge >= 0.3 is 0 Å². The Morgan fingerprint density at radius 2 is 2.16 bits per heavy atom. The Kier molecular flexibility index (Phi) is 4.69. The van der Waals surface area contributed by atoms with E-state index in [4.69, 9.17) is 5.73 Å². The second-order valence-electron chi connectivity index (χ2n) is 4.32. The number of carbonyl (C=O) groups excluding carboxylic acids is 1. The normalized spacial score (nSPS) is 12.1. The molecule has 0 spiro atoms. The molecule has 1 heterocycles. The molecule has 1 amide bonds. The first-order chi connectivity index (χ1) is 9.27. The third-order valence-corrected chi connectivity index (χ3v) is 2.89. The van der Waals surface area contributed by atoms with Gasteiger partial charge < -0.3 is 16.0 Å². The molecule has 0 aliphatic heterocycles. The van der Waals surface area contributed by atoms with E-state index in [9.17, 15) is 4.79 Å². The van der Waals surface area contributed by atoms with Crippen molar-refractivity contribution in [2.24, 2.45) is 5.73 Å². The molecule has 0 radical (unpaired) electrons. The van der Waals surface area contributed by atoms with Gasteiger partial charge in [-0.05, 0) is 12.0 Å². The van der Waals surface area contributed by atoms with E-state index < -0.39 is 6.04 Å². The Hall–Kier alpha value is -2.14. The molecule has 0 bridgehead atoms. The predicted octanol–water partition coefficient (Wildman–Crippen LogP) is 1.16. The van der Waals surface area contributed by atoms with Crippen LogP contribution in [0.2, 0.25) is 0 Å². The average Bonchev–Trinajstić information content (AvgIpc) is 2.96. The summed E-state index contributed by atoms with van der Waals surface area (Å²) in [7, 11) is 0. The van der Waals surface area contributed by atoms with Crippen molar-refractivity contribution in [3.8, 4) is 0 Å². The fourth-order valence-corrected chi connectivity index (χ4v) is 1.82. The summed E-state index contributed by atoms with van der Waals surface area (Å²) in [5.74, 6) is 0.784. The summed E-state index contributed by atoms with van der Waals surface area (Å²) < 4.78 is 0. The van der Waals surface area contributed by atoms with Crippen molar-refractivity contribution in [2.45, 2.75) is 18.9 Å². The van der Waals surface area contributed by atoms with E-state index in [2.05, 4.69) is 15.3 Å². The van der Waals surface area contributed by atoms with Crippen LogP contribution in [0.1, 0.15) is 23.9 Å². The molecule has 5 heteroatoms. The van der Waals surface area contributed by atoms with Gasteiger partial charge in [0.15, 0.2) is 0 Å². The van der Waals surface area contributed by atoms with Crippen LogP contribution in [0.25, 0.3) is 0 Å². The van der Waals surface area contributed by atoms with Gasteiger partial charge in [-0.2, -0.15) is 0 Å². The zero-order valence-electron chi connectivity index (χ0n) is 10.7. The number of hydrogen-bond donors (Lipinski definition) is 3. The molecule has 0 aliphatic carbocycles. The number of benzene rings is 1. The van der Waals surface area contributed by atoms with Crippen molar-refractivity contribution in [3.05, 3.63) is 54.1 Å². The van der Waals surface area contributed by atoms with Gasteiger partial charge in [-0.15, -0.1) is 0 Å². The van der Waals surface area contributed by atoms with Gasteiger partial charge in [-0.3, -0.25) is 4.79 Å². The number of aromatic nitrogens is 2. The molecule has 0 fully saturated rings. The largest absolute Gasteiger partial charge is 0.354 e. The Morgan fingerprint density at radius 3 is 2.84 bits per heavy atom. The number of nitrogens with two attached hydrogens (primary N) is 1. The van der Waals surface area contributed by atoms with Crippen molar-refractivity contribution in [2.75, 3.05) is 6.54 Å². The SMILES string of the molecule is NC(C(=O)NCCCc1ncc[nH]1)c1ccccc1. The van der Waals surface area contributed by atoms with Gasteiger partial charge in [0.1, 0.15) is 11.9 Å². The minimum atomic E-state index is -0.607. The molecule has 1 aromatic heterocycles. The standard InChI is InChI=1S/C14H18N4O/c15-13(11-5-2-1-3-6-11)14(19)18-8-4-7-12-16-9-10-17-12/h1-3,5-6,9-10,13H,4,7-8,15H2,(H,16,17)(H,18,19). The predicted molar refractivity (Wildman–Crippen MR) is 73.3 cm³/mol. The Labute approximate surface area is 112 Å². The molecule has 2 rings (SSSR count). The van der Waals surface area contributed by atoms with Crippen LogP contribution in [0.4, 0.5) is 0 Å². The van der Waals surface area contributed by atoms with E-state index in [1.807, 2.05) is 30.3 Å². The third-order valence-electron chi connectivity index (χ3n) is 2.89. The van der Waals surface area contributed by atoms with Crippen molar-refractivity contribution < 1.29 is 4.79 Å². The van der Waals surface area contributed by atoms with E-state index in [-0.39, 0.29) is 5.91 Å². The molecular formula is C14H18N4O. The number of nitrogens with one attached hydrogen (secondary N) is 2. The molecular weight excluding hydrogens is 240 g/mol. The van der Waals surface area contributed by atoms with Gasteiger partial charge in [0.25, 0.3) is 0 Å². The number of amides is 1. The maximum Gasteiger partial charge on any atom is 0.241 e. The smallest absolute Gasteiger partial charge is 0.241 e. The fourth-order valence-electron chi connectivity index (χ4n) is 1.82. The molecule has 19 heavy (non-hydrogen) atoms. The quantitative estimate of drug-likeness (QED) is 0.680. The van der Waals surface area contributed by atoms with Gasteiger partial charge in [-0.25, -0.2) is 4.98 Å². The summed E-state index contributed by atoms with van der Waals surface area (Å²) in [6, 6.07) is 8.75. The Morgan fingerprint density at radius 1 is 1.37 bits per heavy atom. The van der Waals surface area contributed by atoms with Crippen LogP contribution in [0.15, 0.2) is 42.7 Å². The van der Waals surface area contributed by atoms with E-state index in [0.717, 1.165) is 24.2 Å². The van der Waals surface area contributed by atoms with Gasteiger partial charge in [0.2, 0.25) is 5.91 Å². The summed E-state index contributed by atoms with van der Waals surface area (Å²) in [6.45, 7) is 0.597. The first kappa shape index (κ1) is 13.3. The van der Waals surface area contributed by atoms with Crippen LogP contribution in [0.3, 0.4) is 0 Å². The van der Waals surface area contributed by atoms with E-state index >= 15 is 0 Å². The first-order valence-corrected chi connectivity index (χ1v) is 6.34. The number of imidazole rings is 1. The molecule has 1 unspecified atom stereocenters. The number of aryl methyl sites for hydroxylation is 1. The zero-order chi connectivity index (χ0) is 13.5. The summed E-state index contributed by atoms with van der Waals surface area (Å²) in [4.78, 5) is 19.0. The Bertz CT molecular complexity index is 495. The van der Waals surface area contributed by atoms with Crippen molar-refractivity contribution in [1.29, 1.82) is 0 Å². The number of H-pyrrole nitrogens is 1. The van der Waals surface area contributed by atoms with Crippen LogP contribution >= 0.6 is 0 Å². The van der Waals surface area contributed by atoms with E-state index in [1.165, 1.54) is 0 Å². The minimum Gasteiger partial charge on any atom is -0.354 e. The zero-order valence-corrected chi connectivity index (χ0v) is 10.7. The summed E-state index contributed by atoms with van der Waals surface area (Å²) in [6.07, 6.45) is 5.16. The highest BCUT2D eigenvalue weighted by atomic mass is 16.2. The highest BCUT2D eigenvalue weighted by Gasteiger charge is 2.14. The molecule has 1 aromatic carbocycles. The summed E-state index contributed by atoms with van der Waals surface area (Å²) in [5, 5.41) is 2.84. The number of hydrogen-bond acceptors (Lipinski definition) is 3. The fraction of sp³-hybridized carbons (Fsp3) is 0.286. The third kappa shape index (κ3) is 3.93. The molecule has 0 aliphatic rings. The second kappa shape index (κ2) is 6.70. The maximum atomic E-state index is 11.8. The number of rotatable bonds is 6. The monoisotopic (exact) mass is 258 g/mol. The molecule has 1 atom stereocenters. The lowest BCUT2D eigenvalue weighted by Gasteiger charge is -2.12. The van der Waals surface area contributed by atoms with Crippen molar-refractivity contribution >= 4 is 5.91 Å². The molecule has 0 saturated carbocycles. The average molecular weight is 258 g/mol. The summed E-state index contributed by atoms with van der Waals surface area (Å²) in [5.41, 5.74) is 6.71. The molecule has 4 N–H and O–H groups in total. The molecule has 2 aromatic rings. The van der Waals surface area contributed by atoms with Crippen LogP contribution in [-0.2, 0) is 11.2 Å². The lowest BCUT2D eigenvalue weighted by Crippen LogP contribution is -2.34. The topological polar surface area (TPSA) is 83.8 Å². The molecule has 0 saturated heterocycles. The highest BCUT2D eigenvalue weighted by Crippen LogP contribution is 2.09. The molecule has 5 nitrogen and oxygen atoms in total. The minimum absolute atomic E-state index is 0.148. The lowest BCUT2D eigenvalue weighted by molar-refractivity contribution is -0.122. The summed E-state index contributed by atoms with van der Waals surface area (Å²) >= 11 is 0. The second-order valence-corrected chi connectivity index (χ2v) is 4.32. The van der Waals surface area contributed by atoms with Crippen LogP contribution in [0.5, 0.6) is 0 Å². The number of aromatic amines is 1. The van der Waals surface area contributed by atoms with Gasteiger partial charge in [0.05, 0.1) is 0 Å². The van der Waals surface area contributed by atoms with Crippen molar-refractivity contribution in [1.82, 2.24) is 15.3 Å².